The maximum Gasteiger partial charge on any atom is 0.00692 e. The van der Waals surface area contributed by atoms with E-state index in [0.717, 1.165) is 4.90 Å². The van der Waals surface area contributed by atoms with Gasteiger partial charge in [-0.1, -0.05) is 32.0 Å². The molecule has 0 unspecified atom stereocenters. The van der Waals surface area contributed by atoms with E-state index in [1.54, 1.807) is 0 Å². The molecule has 0 amide bonds. The summed E-state index contributed by atoms with van der Waals surface area (Å²) in [4.78, 5) is 1.06. The normalized spacial score (nSPS) is 8.00. The zero-order chi connectivity index (χ0) is 7.98. The van der Waals surface area contributed by atoms with Crippen LogP contribution in [0, 0.1) is 6.92 Å². The van der Waals surface area contributed by atoms with Gasteiger partial charge in [0.25, 0.3) is 0 Å². The van der Waals surface area contributed by atoms with E-state index in [1.165, 1.54) is 5.56 Å². The number of benzene rings is 1. The zero-order valence-corrected chi connectivity index (χ0v) is 7.65. The van der Waals surface area contributed by atoms with Gasteiger partial charge in [-0.3, -0.25) is 0 Å². The lowest BCUT2D eigenvalue weighted by Crippen LogP contribution is -1.70. The van der Waals surface area contributed by atoms with E-state index in [9.17, 15) is 0 Å². The van der Waals surface area contributed by atoms with Crippen LogP contribution in [0.5, 0.6) is 0 Å². The fraction of sp³-hybridized carbons (Fsp3) is 0.333. The summed E-state index contributed by atoms with van der Waals surface area (Å²) in [5, 5.41) is 0. The molecule has 0 nitrogen and oxygen atoms in total. The SMILES string of the molecule is CC.Cc1ccccc1S. The summed E-state index contributed by atoms with van der Waals surface area (Å²) >= 11 is 4.20. The maximum absolute atomic E-state index is 4.20. The van der Waals surface area contributed by atoms with Gasteiger partial charge in [0.2, 0.25) is 0 Å². The van der Waals surface area contributed by atoms with Crippen molar-refractivity contribution in [3.05, 3.63) is 29.8 Å². The molecule has 0 heterocycles. The zero-order valence-electron chi connectivity index (χ0n) is 6.76. The topological polar surface area (TPSA) is 0 Å². The monoisotopic (exact) mass is 154 g/mol. The first kappa shape index (κ1) is 9.57. The van der Waals surface area contributed by atoms with Crippen LogP contribution in [0.2, 0.25) is 0 Å². The minimum atomic E-state index is 1.06. The second-order valence-corrected chi connectivity index (χ2v) is 2.27. The number of hydrogen-bond donors (Lipinski definition) is 1. The molecule has 0 N–H and O–H groups in total. The molecule has 0 atom stereocenters. The van der Waals surface area contributed by atoms with Crippen molar-refractivity contribution in [2.45, 2.75) is 25.7 Å². The highest BCUT2D eigenvalue weighted by Gasteiger charge is 1.84. The van der Waals surface area contributed by atoms with Gasteiger partial charge in [-0.2, -0.15) is 0 Å². The van der Waals surface area contributed by atoms with Crippen LogP contribution < -0.4 is 0 Å². The Kier molecular flexibility index (Phi) is 5.13. The molecule has 0 spiro atoms. The number of rotatable bonds is 0. The first-order chi connectivity index (χ1) is 4.80. The molecule has 1 heteroatoms. The largest absolute Gasteiger partial charge is 0.143 e. The van der Waals surface area contributed by atoms with Crippen molar-refractivity contribution in [2.75, 3.05) is 0 Å². The van der Waals surface area contributed by atoms with Gasteiger partial charge in [-0.15, -0.1) is 12.6 Å². The second kappa shape index (κ2) is 5.36. The van der Waals surface area contributed by atoms with Crippen LogP contribution >= 0.6 is 12.6 Å². The first-order valence-electron chi connectivity index (χ1n) is 3.55. The molecule has 0 radical (unpaired) electrons. The van der Waals surface area contributed by atoms with Gasteiger partial charge in [-0.05, 0) is 18.6 Å². The maximum atomic E-state index is 4.20. The Labute approximate surface area is 68.7 Å². The molecule has 0 saturated heterocycles. The molecule has 0 fully saturated rings. The van der Waals surface area contributed by atoms with Crippen LogP contribution in [0.1, 0.15) is 19.4 Å². The van der Waals surface area contributed by atoms with E-state index >= 15 is 0 Å². The van der Waals surface area contributed by atoms with Crippen molar-refractivity contribution >= 4 is 12.6 Å². The Morgan fingerprint density at radius 1 is 1.10 bits per heavy atom. The van der Waals surface area contributed by atoms with Gasteiger partial charge in [0.15, 0.2) is 0 Å². The van der Waals surface area contributed by atoms with Crippen molar-refractivity contribution in [1.82, 2.24) is 0 Å². The summed E-state index contributed by atoms with van der Waals surface area (Å²) in [6.45, 7) is 6.04. The van der Waals surface area contributed by atoms with E-state index in [0.29, 0.717) is 0 Å². The Hall–Kier alpha value is -0.430. The van der Waals surface area contributed by atoms with E-state index in [1.807, 2.05) is 45.0 Å². The van der Waals surface area contributed by atoms with Gasteiger partial charge < -0.3 is 0 Å². The van der Waals surface area contributed by atoms with Gasteiger partial charge in [0.05, 0.1) is 0 Å². The Bertz CT molecular complexity index is 161. The van der Waals surface area contributed by atoms with Gasteiger partial charge in [0.1, 0.15) is 0 Å². The van der Waals surface area contributed by atoms with Crippen molar-refractivity contribution in [2.24, 2.45) is 0 Å². The Morgan fingerprint density at radius 3 is 1.90 bits per heavy atom. The molecule has 0 aromatic heterocycles. The lowest BCUT2D eigenvalue weighted by atomic mass is 10.2. The minimum absolute atomic E-state index is 1.06. The van der Waals surface area contributed by atoms with Crippen LogP contribution in [-0.4, -0.2) is 0 Å². The van der Waals surface area contributed by atoms with Crippen molar-refractivity contribution in [3.63, 3.8) is 0 Å². The van der Waals surface area contributed by atoms with Gasteiger partial charge >= 0.3 is 0 Å². The summed E-state index contributed by atoms with van der Waals surface area (Å²) in [6, 6.07) is 8.02. The van der Waals surface area contributed by atoms with E-state index in [4.69, 9.17) is 0 Å². The van der Waals surface area contributed by atoms with Crippen LogP contribution in [-0.2, 0) is 0 Å². The van der Waals surface area contributed by atoms with Crippen LogP contribution in [0.25, 0.3) is 0 Å². The molecule has 10 heavy (non-hydrogen) atoms. The highest BCUT2D eigenvalue weighted by Crippen LogP contribution is 2.09. The smallest absolute Gasteiger partial charge is 0.00692 e. The highest BCUT2D eigenvalue weighted by atomic mass is 32.1. The highest BCUT2D eigenvalue weighted by molar-refractivity contribution is 7.80. The molecule has 1 aromatic carbocycles. The molecule has 0 aliphatic heterocycles. The van der Waals surface area contributed by atoms with E-state index < -0.39 is 0 Å². The molecule has 0 aliphatic carbocycles. The molecule has 0 bridgehead atoms. The second-order valence-electron chi connectivity index (χ2n) is 1.79. The first-order valence-corrected chi connectivity index (χ1v) is 4.00. The van der Waals surface area contributed by atoms with Crippen LogP contribution in [0.4, 0.5) is 0 Å². The Balaban J connectivity index is 0.000000371. The predicted molar refractivity (Wildman–Crippen MR) is 49.8 cm³/mol. The summed E-state index contributed by atoms with van der Waals surface area (Å²) in [6.07, 6.45) is 0. The molecule has 0 aliphatic rings. The van der Waals surface area contributed by atoms with E-state index in [2.05, 4.69) is 12.6 Å². The molecule has 1 rings (SSSR count). The standard InChI is InChI=1S/C7H8S.C2H6/c1-6-4-2-3-5-7(6)8;1-2/h2-5,8H,1H3;1-2H3. The summed E-state index contributed by atoms with van der Waals surface area (Å²) < 4.78 is 0. The van der Waals surface area contributed by atoms with Crippen molar-refractivity contribution < 1.29 is 0 Å². The van der Waals surface area contributed by atoms with E-state index in [-0.39, 0.29) is 0 Å². The number of hydrogen-bond acceptors (Lipinski definition) is 1. The molecular weight excluding hydrogens is 140 g/mol. The third-order valence-corrected chi connectivity index (χ3v) is 1.62. The number of thiol groups is 1. The number of aryl methyl sites for hydroxylation is 1. The van der Waals surface area contributed by atoms with Crippen molar-refractivity contribution in [3.8, 4) is 0 Å². The fourth-order valence-electron chi connectivity index (χ4n) is 0.563. The quantitative estimate of drug-likeness (QED) is 0.544. The van der Waals surface area contributed by atoms with Crippen LogP contribution in [0.3, 0.4) is 0 Å². The summed E-state index contributed by atoms with van der Waals surface area (Å²) in [5.74, 6) is 0. The average molecular weight is 154 g/mol. The predicted octanol–water partition coefficient (Wildman–Crippen LogP) is 3.31. The van der Waals surface area contributed by atoms with Gasteiger partial charge in [0, 0.05) is 4.90 Å². The summed E-state index contributed by atoms with van der Waals surface area (Å²) in [5.41, 5.74) is 1.23. The molecular formula is C9H14S. The van der Waals surface area contributed by atoms with Crippen molar-refractivity contribution in [1.29, 1.82) is 0 Å². The fourth-order valence-corrected chi connectivity index (χ4v) is 0.724. The Morgan fingerprint density at radius 2 is 1.60 bits per heavy atom. The molecule has 0 saturated carbocycles. The van der Waals surface area contributed by atoms with Gasteiger partial charge in [-0.25, -0.2) is 0 Å². The average Bonchev–Trinajstić information content (AvgIpc) is 2.00. The lowest BCUT2D eigenvalue weighted by Gasteiger charge is -1.92. The van der Waals surface area contributed by atoms with Crippen LogP contribution in [0.15, 0.2) is 29.2 Å². The minimum Gasteiger partial charge on any atom is -0.143 e. The molecule has 56 valence electrons. The summed E-state index contributed by atoms with van der Waals surface area (Å²) in [7, 11) is 0. The lowest BCUT2D eigenvalue weighted by molar-refractivity contribution is 1.31. The third kappa shape index (κ3) is 2.92. The third-order valence-electron chi connectivity index (χ3n) is 1.12. The molecule has 1 aromatic rings.